The normalized spacial score (nSPS) is 17.8. The van der Waals surface area contributed by atoms with Gasteiger partial charge in [-0.1, -0.05) is 30.4 Å². The molecule has 8 heteroatoms. The smallest absolute Gasteiger partial charge is 0.230 e. The monoisotopic (exact) mass is 376 g/mol. The van der Waals surface area contributed by atoms with Crippen molar-refractivity contribution in [1.29, 1.82) is 0 Å². The molecule has 26 heavy (non-hydrogen) atoms. The molecule has 0 spiro atoms. The van der Waals surface area contributed by atoms with Gasteiger partial charge in [0.25, 0.3) is 0 Å². The first-order chi connectivity index (χ1) is 12.6. The Hall–Kier alpha value is -2.03. The molecule has 1 atom stereocenters. The van der Waals surface area contributed by atoms with Gasteiger partial charge in [0, 0.05) is 19.5 Å². The van der Waals surface area contributed by atoms with E-state index in [1.165, 1.54) is 28.0 Å². The summed E-state index contributed by atoms with van der Waals surface area (Å²) < 4.78 is 14.9. The maximum atomic E-state index is 13.4. The highest BCUT2D eigenvalue weighted by Crippen LogP contribution is 2.40. The highest BCUT2D eigenvalue weighted by Gasteiger charge is 2.31. The van der Waals surface area contributed by atoms with E-state index in [9.17, 15) is 14.6 Å². The minimum Gasteiger partial charge on any atom is -0.492 e. The molecule has 0 amide bonds. The van der Waals surface area contributed by atoms with Crippen LogP contribution in [0, 0.1) is 5.82 Å². The second-order valence-electron chi connectivity index (χ2n) is 6.59. The van der Waals surface area contributed by atoms with Gasteiger partial charge in [-0.15, -0.1) is 5.10 Å². The van der Waals surface area contributed by atoms with Crippen LogP contribution in [-0.2, 0) is 6.42 Å². The first-order valence-electron chi connectivity index (χ1n) is 8.81. The topological polar surface area (TPSA) is 73.9 Å². The molecule has 2 aromatic heterocycles. The van der Waals surface area contributed by atoms with Crippen molar-refractivity contribution in [1.82, 2.24) is 19.5 Å². The van der Waals surface area contributed by atoms with Crippen LogP contribution in [0.1, 0.15) is 42.1 Å². The van der Waals surface area contributed by atoms with Gasteiger partial charge in [-0.2, -0.15) is 4.52 Å². The van der Waals surface area contributed by atoms with Crippen LogP contribution in [0.25, 0.3) is 4.96 Å². The molecule has 1 aliphatic heterocycles. The third-order valence-corrected chi connectivity index (χ3v) is 5.93. The number of aliphatic hydroxyl groups excluding tert-OH is 1. The number of aromatic nitrogens is 3. The first kappa shape index (κ1) is 17.4. The average Bonchev–Trinajstić information content (AvgIpc) is 3.18. The van der Waals surface area contributed by atoms with Crippen molar-refractivity contribution in [3.8, 4) is 5.88 Å². The number of hydrogen-bond acceptors (Lipinski definition) is 6. The Morgan fingerprint density at radius 1 is 1.27 bits per heavy atom. The Bertz CT molecular complexity index is 900. The number of thiazole rings is 1. The fraction of sp³-hybridized carbons (Fsp3) is 0.444. The Balaban J connectivity index is 1.78. The Morgan fingerprint density at radius 3 is 2.58 bits per heavy atom. The molecule has 0 aliphatic carbocycles. The first-order valence-corrected chi connectivity index (χ1v) is 9.63. The molecule has 0 unspecified atom stereocenters. The predicted molar refractivity (Wildman–Crippen MR) is 97.0 cm³/mol. The SMILES string of the molecule is CCc1nc2sc([C@@H](c3ccc(F)cc3)N3CCC(O)CC3)c(O)n2n1. The minimum absolute atomic E-state index is 0.0812. The standard InChI is InChI=1S/C18H21FN4O2S/c1-2-14-20-18-23(21-14)17(25)16(26-18)15(11-3-5-12(19)6-4-11)22-9-7-13(24)8-10-22/h3-6,13,15,24-25H,2,7-10H2,1H3/t15-/m1/s1. The van der Waals surface area contributed by atoms with E-state index in [0.29, 0.717) is 43.1 Å². The van der Waals surface area contributed by atoms with E-state index < -0.39 is 0 Å². The summed E-state index contributed by atoms with van der Waals surface area (Å²) in [7, 11) is 0. The van der Waals surface area contributed by atoms with Crippen molar-refractivity contribution in [3.05, 3.63) is 46.3 Å². The van der Waals surface area contributed by atoms with Crippen molar-refractivity contribution in [2.45, 2.75) is 38.3 Å². The van der Waals surface area contributed by atoms with Crippen molar-refractivity contribution >= 4 is 16.3 Å². The lowest BCUT2D eigenvalue weighted by atomic mass is 9.99. The second kappa shape index (κ2) is 6.94. The third-order valence-electron chi connectivity index (χ3n) is 4.86. The molecule has 1 fully saturated rings. The highest BCUT2D eigenvalue weighted by atomic mass is 32.1. The summed E-state index contributed by atoms with van der Waals surface area (Å²) >= 11 is 1.40. The van der Waals surface area contributed by atoms with E-state index in [4.69, 9.17) is 0 Å². The molecule has 0 radical (unpaired) electrons. The number of aryl methyl sites for hydroxylation is 1. The number of hydrogen-bond donors (Lipinski definition) is 2. The molecule has 1 aliphatic rings. The maximum Gasteiger partial charge on any atom is 0.230 e. The van der Waals surface area contributed by atoms with Gasteiger partial charge in [0.05, 0.1) is 17.0 Å². The van der Waals surface area contributed by atoms with Crippen molar-refractivity contribution in [2.75, 3.05) is 13.1 Å². The number of aliphatic hydroxyl groups is 1. The summed E-state index contributed by atoms with van der Waals surface area (Å²) in [6.07, 6.45) is 1.77. The summed E-state index contributed by atoms with van der Waals surface area (Å²) in [6.45, 7) is 3.38. The molecule has 2 N–H and O–H groups in total. The van der Waals surface area contributed by atoms with Gasteiger partial charge in [-0.05, 0) is 30.5 Å². The summed E-state index contributed by atoms with van der Waals surface area (Å²) in [5.41, 5.74) is 0.901. The third kappa shape index (κ3) is 3.08. The van der Waals surface area contributed by atoms with Crippen molar-refractivity contribution in [2.24, 2.45) is 0 Å². The van der Waals surface area contributed by atoms with Crippen LogP contribution in [0.15, 0.2) is 24.3 Å². The molecule has 138 valence electrons. The molecule has 1 aromatic carbocycles. The quantitative estimate of drug-likeness (QED) is 0.732. The number of rotatable bonds is 4. The number of nitrogens with zero attached hydrogens (tertiary/aromatic N) is 4. The number of likely N-dealkylation sites (tertiary alicyclic amines) is 1. The lowest BCUT2D eigenvalue weighted by Gasteiger charge is -2.36. The number of piperidine rings is 1. The summed E-state index contributed by atoms with van der Waals surface area (Å²) in [4.78, 5) is 8.06. The Morgan fingerprint density at radius 2 is 1.96 bits per heavy atom. The van der Waals surface area contributed by atoms with Gasteiger partial charge >= 0.3 is 0 Å². The number of halogens is 1. The largest absolute Gasteiger partial charge is 0.492 e. The molecule has 1 saturated heterocycles. The van der Waals surface area contributed by atoms with Gasteiger partial charge in [0.15, 0.2) is 5.82 Å². The predicted octanol–water partition coefficient (Wildman–Crippen LogP) is 2.74. The maximum absolute atomic E-state index is 13.4. The van der Waals surface area contributed by atoms with Crippen LogP contribution in [0.3, 0.4) is 0 Å². The molecule has 0 saturated carbocycles. The summed E-state index contributed by atoms with van der Waals surface area (Å²) in [5, 5.41) is 25.0. The summed E-state index contributed by atoms with van der Waals surface area (Å²) in [6, 6.07) is 6.14. The van der Waals surface area contributed by atoms with Crippen molar-refractivity contribution < 1.29 is 14.6 Å². The van der Waals surface area contributed by atoms with E-state index in [1.807, 2.05) is 6.92 Å². The van der Waals surface area contributed by atoms with E-state index in [2.05, 4.69) is 15.0 Å². The molecule has 6 nitrogen and oxygen atoms in total. The molecule has 0 bridgehead atoms. The van der Waals surface area contributed by atoms with Gasteiger partial charge in [0.2, 0.25) is 10.8 Å². The van der Waals surface area contributed by atoms with Gasteiger partial charge < -0.3 is 10.2 Å². The van der Waals surface area contributed by atoms with Gasteiger partial charge in [-0.3, -0.25) is 4.90 Å². The molecule has 3 heterocycles. The fourth-order valence-corrected chi connectivity index (χ4v) is 4.57. The Kier molecular flexibility index (Phi) is 4.64. The van der Waals surface area contributed by atoms with Crippen LogP contribution in [0.4, 0.5) is 4.39 Å². The van der Waals surface area contributed by atoms with Crippen LogP contribution < -0.4 is 0 Å². The van der Waals surface area contributed by atoms with E-state index in [-0.39, 0.29) is 23.8 Å². The fourth-order valence-electron chi connectivity index (χ4n) is 3.44. The van der Waals surface area contributed by atoms with Gasteiger partial charge in [-0.25, -0.2) is 9.37 Å². The van der Waals surface area contributed by atoms with Crippen LogP contribution in [0.2, 0.25) is 0 Å². The number of aromatic hydroxyl groups is 1. The van der Waals surface area contributed by atoms with E-state index in [0.717, 1.165) is 10.4 Å². The highest BCUT2D eigenvalue weighted by molar-refractivity contribution is 7.17. The zero-order chi connectivity index (χ0) is 18.3. The lowest BCUT2D eigenvalue weighted by Crippen LogP contribution is -2.38. The lowest BCUT2D eigenvalue weighted by molar-refractivity contribution is 0.0689. The van der Waals surface area contributed by atoms with Crippen molar-refractivity contribution in [3.63, 3.8) is 0 Å². The molecule has 4 rings (SSSR count). The average molecular weight is 376 g/mol. The zero-order valence-corrected chi connectivity index (χ0v) is 15.3. The van der Waals surface area contributed by atoms with E-state index in [1.54, 1.807) is 12.1 Å². The van der Waals surface area contributed by atoms with Gasteiger partial charge in [0.1, 0.15) is 5.82 Å². The molecule has 3 aromatic rings. The van der Waals surface area contributed by atoms with Crippen LogP contribution in [-0.4, -0.2) is 48.9 Å². The van der Waals surface area contributed by atoms with Crippen LogP contribution in [0.5, 0.6) is 5.88 Å². The van der Waals surface area contributed by atoms with Crippen LogP contribution >= 0.6 is 11.3 Å². The number of fused-ring (bicyclic) bond motifs is 1. The molecular weight excluding hydrogens is 355 g/mol. The zero-order valence-electron chi connectivity index (χ0n) is 14.5. The number of benzene rings is 1. The summed E-state index contributed by atoms with van der Waals surface area (Å²) in [5.74, 6) is 0.483. The van der Waals surface area contributed by atoms with E-state index >= 15 is 0 Å². The molecular formula is C18H21FN4O2S. The second-order valence-corrected chi connectivity index (χ2v) is 7.60. The minimum atomic E-state index is -0.291. The Labute approximate surface area is 154 Å².